The minimum Gasteiger partial charge on any atom is -0.493 e. The number of carbonyl (C=O) groups excluding carboxylic acids is 1. The van der Waals surface area contributed by atoms with E-state index in [-0.39, 0.29) is 5.91 Å². The fraction of sp³-hybridized carbons (Fsp3) is 0.263. The molecule has 1 amide bonds. The lowest BCUT2D eigenvalue weighted by Gasteiger charge is -2.09. The van der Waals surface area contributed by atoms with Gasteiger partial charge in [0.2, 0.25) is 0 Å². The molecule has 0 spiro atoms. The Kier molecular flexibility index (Phi) is 6.30. The van der Waals surface area contributed by atoms with Crippen LogP contribution in [0.3, 0.4) is 0 Å². The number of nitrogens with zero attached hydrogens (tertiary/aromatic N) is 2. The van der Waals surface area contributed by atoms with Crippen LogP contribution in [0.2, 0.25) is 0 Å². The summed E-state index contributed by atoms with van der Waals surface area (Å²) in [6.07, 6.45) is 0. The van der Waals surface area contributed by atoms with Crippen molar-refractivity contribution in [2.75, 3.05) is 27.9 Å². The normalized spacial score (nSPS) is 11.8. The van der Waals surface area contributed by atoms with Crippen LogP contribution in [0, 0.1) is 0 Å². The van der Waals surface area contributed by atoms with Gasteiger partial charge in [0.15, 0.2) is 16.3 Å². The molecule has 0 atom stereocenters. The van der Waals surface area contributed by atoms with Crippen molar-refractivity contribution in [2.24, 2.45) is 4.99 Å². The van der Waals surface area contributed by atoms with Crippen molar-refractivity contribution in [3.8, 4) is 11.5 Å². The second-order valence-electron chi connectivity index (χ2n) is 5.63. The Morgan fingerprint density at radius 2 is 1.89 bits per heavy atom. The number of rotatable bonds is 6. The molecule has 0 N–H and O–H groups in total. The molecule has 142 valence electrons. The van der Waals surface area contributed by atoms with E-state index in [1.807, 2.05) is 28.8 Å². The highest BCUT2D eigenvalue weighted by atomic mass is 79.9. The van der Waals surface area contributed by atoms with E-state index in [1.165, 1.54) is 11.3 Å². The summed E-state index contributed by atoms with van der Waals surface area (Å²) in [5.74, 6) is 0.960. The number of halogens is 1. The summed E-state index contributed by atoms with van der Waals surface area (Å²) >= 11 is 4.81. The van der Waals surface area contributed by atoms with Crippen molar-refractivity contribution < 1.29 is 19.0 Å². The van der Waals surface area contributed by atoms with E-state index in [0.717, 1.165) is 14.7 Å². The maximum absolute atomic E-state index is 12.6. The monoisotopic (exact) mass is 450 g/mol. The molecule has 3 rings (SSSR count). The smallest absolute Gasteiger partial charge is 0.279 e. The van der Waals surface area contributed by atoms with E-state index in [0.29, 0.717) is 35.0 Å². The first-order chi connectivity index (χ1) is 13.1. The van der Waals surface area contributed by atoms with E-state index in [9.17, 15) is 4.79 Å². The van der Waals surface area contributed by atoms with Crippen molar-refractivity contribution in [1.82, 2.24) is 4.57 Å². The van der Waals surface area contributed by atoms with E-state index < -0.39 is 0 Å². The van der Waals surface area contributed by atoms with Gasteiger partial charge in [-0.3, -0.25) is 4.79 Å². The van der Waals surface area contributed by atoms with Crippen molar-refractivity contribution in [3.63, 3.8) is 0 Å². The van der Waals surface area contributed by atoms with Gasteiger partial charge in [-0.15, -0.1) is 0 Å². The average Bonchev–Trinajstić information content (AvgIpc) is 3.00. The number of hydrogen-bond donors (Lipinski definition) is 0. The summed E-state index contributed by atoms with van der Waals surface area (Å²) in [5, 5.41) is 0. The lowest BCUT2D eigenvalue weighted by molar-refractivity contribution is 0.0997. The molecule has 0 aliphatic carbocycles. The highest BCUT2D eigenvalue weighted by Gasteiger charge is 2.14. The third-order valence-electron chi connectivity index (χ3n) is 3.98. The average molecular weight is 451 g/mol. The molecule has 0 aliphatic rings. The molecule has 0 fully saturated rings. The molecule has 6 nitrogen and oxygen atoms in total. The lowest BCUT2D eigenvalue weighted by Crippen LogP contribution is -2.19. The first-order valence-electron chi connectivity index (χ1n) is 8.16. The largest absolute Gasteiger partial charge is 0.493 e. The number of aromatic nitrogens is 1. The van der Waals surface area contributed by atoms with Gasteiger partial charge in [-0.05, 0) is 18.2 Å². The van der Waals surface area contributed by atoms with Crippen molar-refractivity contribution in [3.05, 3.63) is 51.2 Å². The summed E-state index contributed by atoms with van der Waals surface area (Å²) < 4.78 is 19.8. The maximum Gasteiger partial charge on any atom is 0.279 e. The summed E-state index contributed by atoms with van der Waals surface area (Å²) in [7, 11) is 4.83. The minimum atomic E-state index is -0.298. The number of thiazole rings is 1. The number of benzene rings is 2. The highest BCUT2D eigenvalue weighted by molar-refractivity contribution is 9.10. The molecular weight excluding hydrogens is 432 g/mol. The molecule has 0 saturated carbocycles. The zero-order valence-corrected chi connectivity index (χ0v) is 17.6. The van der Waals surface area contributed by atoms with Crippen LogP contribution in [-0.4, -0.2) is 38.4 Å². The number of methoxy groups -OCH3 is 3. The van der Waals surface area contributed by atoms with Gasteiger partial charge in [0.05, 0.1) is 31.0 Å². The Bertz CT molecular complexity index is 1040. The maximum atomic E-state index is 12.6. The number of hydrogen-bond acceptors (Lipinski definition) is 5. The molecule has 1 aromatic heterocycles. The molecule has 0 radical (unpaired) electrons. The van der Waals surface area contributed by atoms with Gasteiger partial charge in [-0.1, -0.05) is 33.3 Å². The van der Waals surface area contributed by atoms with E-state index >= 15 is 0 Å². The number of amides is 1. The van der Waals surface area contributed by atoms with Crippen LogP contribution in [0.1, 0.15) is 10.4 Å². The number of carbonyl (C=O) groups is 1. The van der Waals surface area contributed by atoms with Gasteiger partial charge in [0.1, 0.15) is 0 Å². The van der Waals surface area contributed by atoms with Crippen LogP contribution in [0.15, 0.2) is 45.9 Å². The number of ether oxygens (including phenoxy) is 3. The molecule has 8 heteroatoms. The van der Waals surface area contributed by atoms with Crippen LogP contribution < -0.4 is 14.3 Å². The lowest BCUT2D eigenvalue weighted by atomic mass is 10.2. The van der Waals surface area contributed by atoms with Crippen LogP contribution in [0.4, 0.5) is 0 Å². The fourth-order valence-electron chi connectivity index (χ4n) is 2.65. The fourth-order valence-corrected chi connectivity index (χ4v) is 4.12. The van der Waals surface area contributed by atoms with Gasteiger partial charge < -0.3 is 18.8 Å². The molecule has 3 aromatic rings. The van der Waals surface area contributed by atoms with Crippen LogP contribution >= 0.6 is 27.3 Å². The molecule has 0 unspecified atom stereocenters. The third-order valence-corrected chi connectivity index (χ3v) is 5.51. The van der Waals surface area contributed by atoms with Gasteiger partial charge >= 0.3 is 0 Å². The second-order valence-corrected chi connectivity index (χ2v) is 7.56. The summed E-state index contributed by atoms with van der Waals surface area (Å²) in [5.41, 5.74) is 1.44. The molecule has 2 aromatic carbocycles. The number of fused-ring (bicyclic) bond motifs is 1. The highest BCUT2D eigenvalue weighted by Crippen LogP contribution is 2.33. The summed E-state index contributed by atoms with van der Waals surface area (Å²) in [6, 6.07) is 11.0. The molecule has 0 bridgehead atoms. The van der Waals surface area contributed by atoms with E-state index in [2.05, 4.69) is 20.9 Å². The van der Waals surface area contributed by atoms with Gasteiger partial charge in [0.25, 0.3) is 5.91 Å². The van der Waals surface area contributed by atoms with Gasteiger partial charge in [-0.25, -0.2) is 0 Å². The first kappa shape index (κ1) is 19.6. The van der Waals surface area contributed by atoms with Crippen LogP contribution in [0.25, 0.3) is 10.2 Å². The predicted molar refractivity (Wildman–Crippen MR) is 109 cm³/mol. The topological polar surface area (TPSA) is 62.1 Å². The Morgan fingerprint density at radius 1 is 1.15 bits per heavy atom. The van der Waals surface area contributed by atoms with Gasteiger partial charge in [-0.2, -0.15) is 4.99 Å². The summed E-state index contributed by atoms with van der Waals surface area (Å²) in [6.45, 7) is 1.06. The molecule has 0 saturated heterocycles. The van der Waals surface area contributed by atoms with E-state index in [1.54, 1.807) is 33.5 Å². The van der Waals surface area contributed by atoms with Crippen molar-refractivity contribution in [2.45, 2.75) is 6.54 Å². The Hall–Kier alpha value is -2.16. The predicted octanol–water partition coefficient (Wildman–Crippen LogP) is 3.87. The van der Waals surface area contributed by atoms with Crippen molar-refractivity contribution in [1.29, 1.82) is 0 Å². The minimum absolute atomic E-state index is 0.298. The molecule has 1 heterocycles. The van der Waals surface area contributed by atoms with Crippen LogP contribution in [-0.2, 0) is 11.3 Å². The van der Waals surface area contributed by atoms with Crippen LogP contribution in [0.5, 0.6) is 11.5 Å². The van der Waals surface area contributed by atoms with Gasteiger partial charge in [0, 0.05) is 35.8 Å². The molecule has 27 heavy (non-hydrogen) atoms. The summed E-state index contributed by atoms with van der Waals surface area (Å²) in [4.78, 5) is 17.6. The second kappa shape index (κ2) is 8.69. The Balaban J connectivity index is 2.16. The SMILES string of the molecule is COCCn1c(=NC(=O)c2cccc(Br)c2)sc2cc(OC)c(OC)cc21. The standard InChI is InChI=1S/C19H19BrN2O4S/c1-24-8-7-22-14-10-15(25-2)16(26-3)11-17(14)27-19(22)21-18(23)12-5-4-6-13(20)9-12/h4-6,9-11H,7-8H2,1-3H3. The Labute approximate surface area is 169 Å². The van der Waals surface area contributed by atoms with Crippen molar-refractivity contribution >= 4 is 43.4 Å². The zero-order valence-electron chi connectivity index (χ0n) is 15.2. The van der Waals surface area contributed by atoms with E-state index in [4.69, 9.17) is 14.2 Å². The molecular formula is C19H19BrN2O4S. The first-order valence-corrected chi connectivity index (χ1v) is 9.77. The third kappa shape index (κ3) is 4.23. The quantitative estimate of drug-likeness (QED) is 0.571. The zero-order chi connectivity index (χ0) is 19.4. The Morgan fingerprint density at radius 3 is 2.56 bits per heavy atom. The molecule has 0 aliphatic heterocycles.